The van der Waals surface area contributed by atoms with Crippen LogP contribution in [0.3, 0.4) is 0 Å². The van der Waals surface area contributed by atoms with Gasteiger partial charge in [-0.05, 0) is 38.3 Å². The number of piperazine rings is 1. The molecule has 0 spiro atoms. The first-order valence-corrected chi connectivity index (χ1v) is 10.6. The number of amides is 1. The van der Waals surface area contributed by atoms with Gasteiger partial charge in [0.1, 0.15) is 11.9 Å². The molecule has 2 aliphatic rings. The number of halogens is 2. The van der Waals surface area contributed by atoms with Gasteiger partial charge in [0, 0.05) is 49.9 Å². The van der Waals surface area contributed by atoms with Crippen molar-refractivity contribution in [2.24, 2.45) is 0 Å². The highest BCUT2D eigenvalue weighted by atomic mass is 35.5. The molecular formula is C21H29ClFN3O3. The number of carbonyl (C=O) groups is 2. The number of nitrogens with zero attached hydrogens (tertiary/aromatic N) is 3. The molecule has 8 heteroatoms. The zero-order valence-corrected chi connectivity index (χ0v) is 17.8. The summed E-state index contributed by atoms with van der Waals surface area (Å²) in [6, 6.07) is 3.28. The third-order valence-electron chi connectivity index (χ3n) is 5.98. The van der Waals surface area contributed by atoms with Gasteiger partial charge in [0.05, 0.1) is 13.2 Å². The summed E-state index contributed by atoms with van der Waals surface area (Å²) in [6.07, 6.45) is 3.32. The summed E-state index contributed by atoms with van der Waals surface area (Å²) in [4.78, 5) is 31.3. The fraction of sp³-hybridized carbons (Fsp3) is 0.619. The largest absolute Gasteiger partial charge is 0.468 e. The van der Waals surface area contributed by atoms with Crippen molar-refractivity contribution in [3.63, 3.8) is 0 Å². The monoisotopic (exact) mass is 425 g/mol. The second-order valence-electron chi connectivity index (χ2n) is 7.69. The van der Waals surface area contributed by atoms with E-state index in [4.69, 9.17) is 16.3 Å². The number of ether oxygens (including phenoxy) is 1. The van der Waals surface area contributed by atoms with Gasteiger partial charge >= 0.3 is 5.97 Å². The summed E-state index contributed by atoms with van der Waals surface area (Å²) in [7, 11) is 1.29. The van der Waals surface area contributed by atoms with E-state index in [1.54, 1.807) is 6.07 Å². The van der Waals surface area contributed by atoms with E-state index in [2.05, 4.69) is 4.90 Å². The Kier molecular flexibility index (Phi) is 7.49. The number of rotatable bonds is 5. The van der Waals surface area contributed by atoms with Gasteiger partial charge in [-0.25, -0.2) is 9.18 Å². The molecule has 1 aromatic carbocycles. The average Bonchev–Trinajstić information content (AvgIpc) is 2.75. The fourth-order valence-corrected chi connectivity index (χ4v) is 4.52. The molecule has 0 saturated carbocycles. The maximum absolute atomic E-state index is 14.5. The average molecular weight is 426 g/mol. The maximum atomic E-state index is 14.5. The van der Waals surface area contributed by atoms with E-state index in [9.17, 15) is 14.0 Å². The smallest absolute Gasteiger partial charge is 0.327 e. The van der Waals surface area contributed by atoms with Crippen LogP contribution in [0.25, 0.3) is 0 Å². The summed E-state index contributed by atoms with van der Waals surface area (Å²) >= 11 is 6.22. The van der Waals surface area contributed by atoms with Crippen LogP contribution in [0.2, 0.25) is 5.02 Å². The Morgan fingerprint density at radius 2 is 1.66 bits per heavy atom. The topological polar surface area (TPSA) is 53.1 Å². The second-order valence-corrected chi connectivity index (χ2v) is 8.10. The Hall–Kier alpha value is -1.70. The highest BCUT2D eigenvalue weighted by Gasteiger charge is 2.36. The van der Waals surface area contributed by atoms with Gasteiger partial charge in [0.25, 0.3) is 0 Å². The molecule has 2 atom stereocenters. The fourth-order valence-electron chi connectivity index (χ4n) is 4.25. The lowest BCUT2D eigenvalue weighted by molar-refractivity contribution is -0.149. The Balaban J connectivity index is 1.68. The number of piperidine rings is 1. The summed E-state index contributed by atoms with van der Waals surface area (Å²) in [6.45, 7) is 5.86. The summed E-state index contributed by atoms with van der Waals surface area (Å²) in [5, 5.41) is 0.205. The van der Waals surface area contributed by atoms with Gasteiger partial charge in [-0.2, -0.15) is 0 Å². The molecule has 6 nitrogen and oxygen atoms in total. The van der Waals surface area contributed by atoms with Gasteiger partial charge in [-0.15, -0.1) is 0 Å². The lowest BCUT2D eigenvalue weighted by Gasteiger charge is -2.41. The molecule has 0 aromatic heterocycles. The molecule has 0 bridgehead atoms. The van der Waals surface area contributed by atoms with Crippen molar-refractivity contribution in [1.82, 2.24) is 14.7 Å². The summed E-state index contributed by atoms with van der Waals surface area (Å²) < 4.78 is 19.4. The number of hydrogen-bond donors (Lipinski definition) is 0. The number of hydrogen-bond acceptors (Lipinski definition) is 5. The van der Waals surface area contributed by atoms with Crippen LogP contribution >= 0.6 is 11.6 Å². The minimum Gasteiger partial charge on any atom is -0.468 e. The standard InChI is InChI=1S/C21H29ClFN3O3/c1-15(20(27)26-9-4-3-5-10-26)24-11-13-25(14-12-24)19(21(28)29-2)18-16(22)7-6-8-17(18)23/h6-8,15,19H,3-5,9-14H2,1-2H3. The van der Waals surface area contributed by atoms with Gasteiger partial charge in [0.15, 0.2) is 0 Å². The van der Waals surface area contributed by atoms with E-state index in [1.165, 1.54) is 25.7 Å². The van der Waals surface area contributed by atoms with E-state index in [0.29, 0.717) is 26.2 Å². The lowest BCUT2D eigenvalue weighted by atomic mass is 10.0. The van der Waals surface area contributed by atoms with Crippen molar-refractivity contribution in [1.29, 1.82) is 0 Å². The van der Waals surface area contributed by atoms with Gasteiger partial charge in [0.2, 0.25) is 5.91 Å². The SMILES string of the molecule is COC(=O)C(c1c(F)cccc1Cl)N1CCN(C(C)C(=O)N2CCCCC2)CC1. The number of likely N-dealkylation sites (tertiary alicyclic amines) is 1. The van der Waals surface area contributed by atoms with Crippen LogP contribution in [-0.4, -0.2) is 79.0 Å². The zero-order chi connectivity index (χ0) is 21.0. The van der Waals surface area contributed by atoms with Crippen molar-refractivity contribution in [3.8, 4) is 0 Å². The lowest BCUT2D eigenvalue weighted by Crippen LogP contribution is -2.56. The Labute approximate surface area is 176 Å². The van der Waals surface area contributed by atoms with Crippen LogP contribution in [0.1, 0.15) is 37.8 Å². The van der Waals surface area contributed by atoms with Gasteiger partial charge in [-0.1, -0.05) is 17.7 Å². The molecular weight excluding hydrogens is 397 g/mol. The first-order valence-electron chi connectivity index (χ1n) is 10.2. The first kappa shape index (κ1) is 22.0. The normalized spacial score (nSPS) is 20.9. The van der Waals surface area contributed by atoms with Crippen LogP contribution in [0.15, 0.2) is 18.2 Å². The molecule has 29 heavy (non-hydrogen) atoms. The summed E-state index contributed by atoms with van der Waals surface area (Å²) in [5.74, 6) is -0.897. The second kappa shape index (κ2) is 9.87. The predicted octanol–water partition coefficient (Wildman–Crippen LogP) is 2.71. The molecule has 160 valence electrons. The maximum Gasteiger partial charge on any atom is 0.327 e. The molecule has 1 amide bonds. The van der Waals surface area contributed by atoms with E-state index < -0.39 is 17.8 Å². The number of methoxy groups -OCH3 is 1. The molecule has 3 rings (SSSR count). The minimum atomic E-state index is -0.899. The van der Waals surface area contributed by atoms with E-state index >= 15 is 0 Å². The molecule has 1 aromatic rings. The highest BCUT2D eigenvalue weighted by molar-refractivity contribution is 6.31. The highest BCUT2D eigenvalue weighted by Crippen LogP contribution is 2.32. The van der Waals surface area contributed by atoms with Gasteiger partial charge < -0.3 is 9.64 Å². The molecule has 0 aliphatic carbocycles. The number of esters is 1. The molecule has 0 radical (unpaired) electrons. The summed E-state index contributed by atoms with van der Waals surface area (Å²) in [5.41, 5.74) is 0.145. The van der Waals surface area contributed by atoms with E-state index in [1.807, 2.05) is 16.7 Å². The molecule has 2 fully saturated rings. The van der Waals surface area contributed by atoms with Crippen LogP contribution in [0.5, 0.6) is 0 Å². The molecule has 0 N–H and O–H groups in total. The molecule has 2 unspecified atom stereocenters. The third-order valence-corrected chi connectivity index (χ3v) is 6.31. The molecule has 2 aliphatic heterocycles. The molecule has 2 saturated heterocycles. The van der Waals surface area contributed by atoms with E-state index in [0.717, 1.165) is 25.9 Å². The van der Waals surface area contributed by atoms with Crippen LogP contribution < -0.4 is 0 Å². The quantitative estimate of drug-likeness (QED) is 0.679. The number of carbonyl (C=O) groups excluding carboxylic acids is 2. The molecule has 2 heterocycles. The Morgan fingerprint density at radius 1 is 1.03 bits per heavy atom. The van der Waals surface area contributed by atoms with Crippen molar-refractivity contribution >= 4 is 23.5 Å². The van der Waals surface area contributed by atoms with Crippen molar-refractivity contribution in [2.45, 2.75) is 38.3 Å². The Bertz CT molecular complexity index is 714. The predicted molar refractivity (Wildman–Crippen MR) is 109 cm³/mol. The first-order chi connectivity index (χ1) is 13.9. The van der Waals surface area contributed by atoms with Gasteiger partial charge in [-0.3, -0.25) is 14.6 Å². The minimum absolute atomic E-state index is 0.145. The number of benzene rings is 1. The van der Waals surface area contributed by atoms with E-state index in [-0.39, 0.29) is 22.5 Å². The van der Waals surface area contributed by atoms with Crippen molar-refractivity contribution < 1.29 is 18.7 Å². The van der Waals surface area contributed by atoms with Crippen LogP contribution in [0.4, 0.5) is 4.39 Å². The zero-order valence-electron chi connectivity index (χ0n) is 17.1. The van der Waals surface area contributed by atoms with Crippen molar-refractivity contribution in [3.05, 3.63) is 34.6 Å². The third kappa shape index (κ3) is 4.90. The van der Waals surface area contributed by atoms with Crippen LogP contribution in [0, 0.1) is 5.82 Å². The van der Waals surface area contributed by atoms with Crippen LogP contribution in [-0.2, 0) is 14.3 Å². The Morgan fingerprint density at radius 3 is 2.24 bits per heavy atom. The van der Waals surface area contributed by atoms with Crippen molar-refractivity contribution in [2.75, 3.05) is 46.4 Å².